The molecule has 8 heteroatoms. The molecule has 0 aliphatic rings. The van der Waals surface area contributed by atoms with Crippen LogP contribution in [0.15, 0.2) is 65.5 Å². The summed E-state index contributed by atoms with van der Waals surface area (Å²) in [5.41, 5.74) is 4.66. The van der Waals surface area contributed by atoms with Gasteiger partial charge in [-0.1, -0.05) is 35.9 Å². The van der Waals surface area contributed by atoms with Crippen molar-refractivity contribution in [2.45, 2.75) is 26.8 Å². The molecule has 0 atom stereocenters. The number of hydrogen-bond donors (Lipinski definition) is 2. The van der Waals surface area contributed by atoms with Crippen LogP contribution in [0.25, 0.3) is 10.9 Å². The third-order valence-corrected chi connectivity index (χ3v) is 6.60. The molecule has 7 nitrogen and oxygen atoms in total. The molecule has 0 saturated heterocycles. The number of carbonyl (C=O) groups is 1. The first-order valence-electron chi connectivity index (χ1n) is 11.9. The van der Waals surface area contributed by atoms with Crippen molar-refractivity contribution in [3.05, 3.63) is 98.3 Å². The van der Waals surface area contributed by atoms with Crippen LogP contribution in [0.2, 0.25) is 5.02 Å². The number of amides is 2. The number of aromatic amines is 1. The van der Waals surface area contributed by atoms with E-state index in [1.54, 1.807) is 43.4 Å². The first kappa shape index (κ1) is 26.1. The van der Waals surface area contributed by atoms with Crippen LogP contribution in [-0.2, 0) is 13.0 Å². The quantitative estimate of drug-likeness (QED) is 0.295. The summed E-state index contributed by atoms with van der Waals surface area (Å²) in [7, 11) is 3.17. The zero-order chi connectivity index (χ0) is 26.5. The van der Waals surface area contributed by atoms with Gasteiger partial charge in [0.25, 0.3) is 5.56 Å². The van der Waals surface area contributed by atoms with Gasteiger partial charge in [0.15, 0.2) is 11.5 Å². The number of urea groups is 1. The second kappa shape index (κ2) is 11.4. The molecule has 0 unspecified atom stereocenters. The fourth-order valence-electron chi connectivity index (χ4n) is 4.35. The van der Waals surface area contributed by atoms with Crippen LogP contribution in [0.3, 0.4) is 0 Å². The predicted octanol–water partition coefficient (Wildman–Crippen LogP) is 6.09. The Balaban J connectivity index is 1.64. The normalized spacial score (nSPS) is 10.8. The molecule has 2 amide bonds. The topological polar surface area (TPSA) is 83.7 Å². The van der Waals surface area contributed by atoms with Crippen LogP contribution in [0, 0.1) is 13.8 Å². The molecular weight excluding hydrogens is 490 g/mol. The van der Waals surface area contributed by atoms with Gasteiger partial charge < -0.3 is 24.7 Å². The molecule has 0 spiro atoms. The van der Waals surface area contributed by atoms with E-state index in [4.69, 9.17) is 21.1 Å². The zero-order valence-electron chi connectivity index (χ0n) is 21.4. The van der Waals surface area contributed by atoms with Crippen molar-refractivity contribution in [1.82, 2.24) is 9.88 Å². The molecule has 4 rings (SSSR count). The van der Waals surface area contributed by atoms with E-state index >= 15 is 0 Å². The molecule has 4 aromatic rings. The number of hydrogen-bond acceptors (Lipinski definition) is 4. The number of aryl methyl sites for hydroxylation is 2. The van der Waals surface area contributed by atoms with Crippen molar-refractivity contribution >= 4 is 34.2 Å². The number of carbonyl (C=O) groups excluding carboxylic acids is 1. The molecule has 0 aliphatic carbocycles. The van der Waals surface area contributed by atoms with Gasteiger partial charge in [-0.25, -0.2) is 4.79 Å². The Bertz CT molecular complexity index is 1500. The highest BCUT2D eigenvalue weighted by molar-refractivity contribution is 6.33. The van der Waals surface area contributed by atoms with Gasteiger partial charge in [-0.05, 0) is 73.4 Å². The van der Waals surface area contributed by atoms with Gasteiger partial charge >= 0.3 is 6.03 Å². The van der Waals surface area contributed by atoms with E-state index in [2.05, 4.69) is 16.4 Å². The van der Waals surface area contributed by atoms with E-state index in [1.165, 1.54) is 0 Å². The summed E-state index contributed by atoms with van der Waals surface area (Å²) in [6, 6.07) is 18.2. The molecule has 3 aromatic carbocycles. The minimum absolute atomic E-state index is 0.127. The second-order valence-corrected chi connectivity index (χ2v) is 9.34. The molecular formula is C29H30ClN3O4. The molecule has 0 bridgehead atoms. The maximum atomic E-state index is 13.4. The average molecular weight is 520 g/mol. The number of methoxy groups -OCH3 is 2. The average Bonchev–Trinajstić information content (AvgIpc) is 2.88. The van der Waals surface area contributed by atoms with Crippen LogP contribution in [0.4, 0.5) is 10.5 Å². The molecule has 37 heavy (non-hydrogen) atoms. The lowest BCUT2D eigenvalue weighted by Crippen LogP contribution is -2.37. The Morgan fingerprint density at radius 2 is 1.76 bits per heavy atom. The lowest BCUT2D eigenvalue weighted by Gasteiger charge is -2.24. The van der Waals surface area contributed by atoms with Gasteiger partial charge in [0, 0.05) is 23.0 Å². The molecule has 0 radical (unpaired) electrons. The summed E-state index contributed by atoms with van der Waals surface area (Å²) in [4.78, 5) is 31.0. The highest BCUT2D eigenvalue weighted by Crippen LogP contribution is 2.28. The maximum Gasteiger partial charge on any atom is 0.322 e. The van der Waals surface area contributed by atoms with Crippen LogP contribution in [0.1, 0.15) is 22.3 Å². The number of para-hydroxylation sites is 1. The SMILES string of the molecule is COc1ccc(CCN(Cc2cc3c(C)cc(C)cc3[nH]c2=O)C(=O)Nc2ccccc2Cl)cc1OC. The van der Waals surface area contributed by atoms with Crippen LogP contribution in [-0.4, -0.2) is 36.7 Å². The number of H-pyrrole nitrogens is 1. The van der Waals surface area contributed by atoms with Crippen molar-refractivity contribution in [3.8, 4) is 11.5 Å². The van der Waals surface area contributed by atoms with Crippen LogP contribution in [0.5, 0.6) is 11.5 Å². The summed E-state index contributed by atoms with van der Waals surface area (Å²) in [5.74, 6) is 1.25. The van der Waals surface area contributed by atoms with E-state index in [1.807, 2.05) is 44.2 Å². The van der Waals surface area contributed by atoms with E-state index < -0.39 is 0 Å². The van der Waals surface area contributed by atoms with Crippen LogP contribution >= 0.6 is 11.6 Å². The van der Waals surface area contributed by atoms with Gasteiger partial charge in [0.1, 0.15) is 0 Å². The lowest BCUT2D eigenvalue weighted by molar-refractivity contribution is 0.209. The van der Waals surface area contributed by atoms with Crippen molar-refractivity contribution in [2.75, 3.05) is 26.1 Å². The summed E-state index contributed by atoms with van der Waals surface area (Å²) in [6.45, 7) is 4.49. The predicted molar refractivity (Wildman–Crippen MR) is 148 cm³/mol. The number of halogens is 1. The Kier molecular flexibility index (Phi) is 8.04. The van der Waals surface area contributed by atoms with Gasteiger partial charge in [-0.15, -0.1) is 0 Å². The number of nitrogens with one attached hydrogen (secondary N) is 2. The number of ether oxygens (including phenoxy) is 2. The van der Waals surface area contributed by atoms with Crippen molar-refractivity contribution in [3.63, 3.8) is 0 Å². The van der Waals surface area contributed by atoms with Crippen LogP contribution < -0.4 is 20.3 Å². The molecule has 1 heterocycles. The first-order valence-corrected chi connectivity index (χ1v) is 12.3. The molecule has 1 aromatic heterocycles. The van der Waals surface area contributed by atoms with E-state index in [0.29, 0.717) is 40.7 Å². The maximum absolute atomic E-state index is 13.4. The molecule has 0 fully saturated rings. The molecule has 0 aliphatic heterocycles. The molecule has 192 valence electrons. The first-order chi connectivity index (χ1) is 17.8. The second-order valence-electron chi connectivity index (χ2n) is 8.94. The van der Waals surface area contributed by atoms with E-state index in [0.717, 1.165) is 27.6 Å². The van der Waals surface area contributed by atoms with Gasteiger partial charge in [-0.3, -0.25) is 4.79 Å². The van der Waals surface area contributed by atoms with Gasteiger partial charge in [0.2, 0.25) is 0 Å². The molecule has 2 N–H and O–H groups in total. The minimum Gasteiger partial charge on any atom is -0.493 e. The highest BCUT2D eigenvalue weighted by atomic mass is 35.5. The number of nitrogens with zero attached hydrogens (tertiary/aromatic N) is 1. The molecule has 0 saturated carbocycles. The fraction of sp³-hybridized carbons (Fsp3) is 0.241. The number of fused-ring (bicyclic) bond motifs is 1. The lowest BCUT2D eigenvalue weighted by atomic mass is 10.0. The Hall–Kier alpha value is -3.97. The summed E-state index contributed by atoms with van der Waals surface area (Å²) >= 11 is 6.27. The third kappa shape index (κ3) is 6.06. The van der Waals surface area contributed by atoms with Gasteiger partial charge in [-0.2, -0.15) is 0 Å². The van der Waals surface area contributed by atoms with E-state index in [-0.39, 0.29) is 18.1 Å². The standard InChI is InChI=1S/C29H30ClN3O4/c1-18-13-19(2)22-16-21(28(34)31-25(22)14-18)17-33(29(35)32-24-8-6-5-7-23(24)30)12-11-20-9-10-26(36-3)27(15-20)37-4/h5-10,13-16H,11-12,17H2,1-4H3,(H,31,34)(H,32,35). The summed E-state index contributed by atoms with van der Waals surface area (Å²) in [5, 5.41) is 4.27. The smallest absolute Gasteiger partial charge is 0.322 e. The van der Waals surface area contributed by atoms with Crippen molar-refractivity contribution in [2.24, 2.45) is 0 Å². The zero-order valence-corrected chi connectivity index (χ0v) is 22.1. The van der Waals surface area contributed by atoms with Gasteiger partial charge in [0.05, 0.1) is 31.5 Å². The Morgan fingerprint density at radius 3 is 2.49 bits per heavy atom. The fourth-order valence-corrected chi connectivity index (χ4v) is 4.53. The number of aromatic nitrogens is 1. The monoisotopic (exact) mass is 519 g/mol. The Labute approximate surface area is 221 Å². The number of pyridine rings is 1. The number of anilines is 1. The van der Waals surface area contributed by atoms with E-state index in [9.17, 15) is 9.59 Å². The number of benzene rings is 3. The van der Waals surface area contributed by atoms with Crippen molar-refractivity contribution < 1.29 is 14.3 Å². The number of rotatable bonds is 8. The third-order valence-electron chi connectivity index (χ3n) is 6.27. The highest BCUT2D eigenvalue weighted by Gasteiger charge is 2.18. The van der Waals surface area contributed by atoms with Crippen molar-refractivity contribution in [1.29, 1.82) is 0 Å². The summed E-state index contributed by atoms with van der Waals surface area (Å²) < 4.78 is 10.7. The minimum atomic E-state index is -0.353. The Morgan fingerprint density at radius 1 is 1.00 bits per heavy atom. The summed E-state index contributed by atoms with van der Waals surface area (Å²) in [6.07, 6.45) is 0.542. The largest absolute Gasteiger partial charge is 0.493 e.